The first-order valence-corrected chi connectivity index (χ1v) is 8.54. The fourth-order valence-electron chi connectivity index (χ4n) is 2.18. The fourth-order valence-corrected chi connectivity index (χ4v) is 3.38. The first kappa shape index (κ1) is 14.3. The highest BCUT2D eigenvalue weighted by molar-refractivity contribution is 7.91. The molecule has 0 aromatic carbocycles. The van der Waals surface area contributed by atoms with Crippen molar-refractivity contribution in [2.75, 3.05) is 36.0 Å². The molecule has 1 aromatic rings. The average Bonchev–Trinajstić information content (AvgIpc) is 2.40. The molecule has 0 atom stereocenters. The monoisotopic (exact) mass is 283 g/mol. The lowest BCUT2D eigenvalue weighted by Crippen LogP contribution is -2.41. The summed E-state index contributed by atoms with van der Waals surface area (Å²) in [4.78, 5) is 6.49. The molecule has 1 aliphatic rings. The molecule has 1 saturated heterocycles. The van der Waals surface area contributed by atoms with Crippen molar-refractivity contribution in [3.8, 4) is 0 Å². The molecular formula is C13H21N3O2S. The number of pyridine rings is 1. The van der Waals surface area contributed by atoms with E-state index in [0.29, 0.717) is 13.1 Å². The van der Waals surface area contributed by atoms with Crippen molar-refractivity contribution < 1.29 is 8.42 Å². The minimum atomic E-state index is -2.84. The number of anilines is 1. The number of hydrogen-bond donors (Lipinski definition) is 1. The Kier molecular flexibility index (Phi) is 4.76. The summed E-state index contributed by atoms with van der Waals surface area (Å²) in [5.74, 6) is 1.37. The molecule has 0 unspecified atom stereocenters. The first-order valence-electron chi connectivity index (χ1n) is 6.72. The molecule has 1 aromatic heterocycles. The number of aromatic nitrogens is 1. The molecule has 0 amide bonds. The zero-order valence-electron chi connectivity index (χ0n) is 11.3. The van der Waals surface area contributed by atoms with Gasteiger partial charge in [0, 0.05) is 31.4 Å². The summed E-state index contributed by atoms with van der Waals surface area (Å²) in [5, 5.41) is 3.36. The molecule has 19 heavy (non-hydrogen) atoms. The minimum Gasteiger partial charge on any atom is -0.354 e. The first-order chi connectivity index (χ1) is 9.12. The third-order valence-corrected chi connectivity index (χ3v) is 4.86. The van der Waals surface area contributed by atoms with Gasteiger partial charge >= 0.3 is 0 Å². The van der Waals surface area contributed by atoms with Crippen molar-refractivity contribution in [3.63, 3.8) is 0 Å². The molecule has 5 nitrogen and oxygen atoms in total. The van der Waals surface area contributed by atoms with Gasteiger partial charge in [0.05, 0.1) is 11.5 Å². The van der Waals surface area contributed by atoms with Crippen LogP contribution in [0.25, 0.3) is 0 Å². The van der Waals surface area contributed by atoms with E-state index in [1.54, 1.807) is 6.20 Å². The molecule has 1 aliphatic heterocycles. The SMILES string of the molecule is CCCNCc1cccnc1N1CCS(=O)(=O)CC1. The molecular weight excluding hydrogens is 262 g/mol. The topological polar surface area (TPSA) is 62.3 Å². The van der Waals surface area contributed by atoms with Crippen LogP contribution in [0, 0.1) is 0 Å². The van der Waals surface area contributed by atoms with Crippen molar-refractivity contribution in [2.24, 2.45) is 0 Å². The number of sulfone groups is 1. The molecule has 6 heteroatoms. The zero-order valence-corrected chi connectivity index (χ0v) is 12.1. The van der Waals surface area contributed by atoms with Crippen molar-refractivity contribution in [1.82, 2.24) is 10.3 Å². The van der Waals surface area contributed by atoms with E-state index in [0.717, 1.165) is 30.9 Å². The highest BCUT2D eigenvalue weighted by Gasteiger charge is 2.23. The van der Waals surface area contributed by atoms with E-state index >= 15 is 0 Å². The molecule has 0 spiro atoms. The Morgan fingerprint density at radius 1 is 1.37 bits per heavy atom. The van der Waals surface area contributed by atoms with E-state index in [1.165, 1.54) is 0 Å². The van der Waals surface area contributed by atoms with Crippen LogP contribution in [0.4, 0.5) is 5.82 Å². The molecule has 0 aliphatic carbocycles. The summed E-state index contributed by atoms with van der Waals surface area (Å²) in [6, 6.07) is 3.97. The lowest BCUT2D eigenvalue weighted by molar-refractivity contribution is 0.585. The standard InChI is InChI=1S/C13H21N3O2S/c1-2-5-14-11-12-4-3-6-15-13(12)16-7-9-19(17,18)10-8-16/h3-4,6,14H,2,5,7-11H2,1H3. The summed E-state index contributed by atoms with van der Waals surface area (Å²) in [6.45, 7) is 4.97. The summed E-state index contributed by atoms with van der Waals surface area (Å²) in [6.07, 6.45) is 2.86. The Balaban J connectivity index is 2.07. The molecule has 1 N–H and O–H groups in total. The van der Waals surface area contributed by atoms with E-state index < -0.39 is 9.84 Å². The van der Waals surface area contributed by atoms with Gasteiger partial charge < -0.3 is 10.2 Å². The Bertz CT molecular complexity index is 502. The maximum absolute atomic E-state index is 11.5. The number of nitrogens with zero attached hydrogens (tertiary/aromatic N) is 2. The Hall–Kier alpha value is -1.14. The number of rotatable bonds is 5. The minimum absolute atomic E-state index is 0.228. The van der Waals surface area contributed by atoms with Crippen molar-refractivity contribution in [2.45, 2.75) is 19.9 Å². The quantitative estimate of drug-likeness (QED) is 0.811. The summed E-state index contributed by atoms with van der Waals surface area (Å²) in [7, 11) is -2.84. The van der Waals surface area contributed by atoms with Crippen molar-refractivity contribution in [3.05, 3.63) is 23.9 Å². The van der Waals surface area contributed by atoms with E-state index in [9.17, 15) is 8.42 Å². The van der Waals surface area contributed by atoms with E-state index in [-0.39, 0.29) is 11.5 Å². The van der Waals surface area contributed by atoms with Gasteiger partial charge in [0.2, 0.25) is 0 Å². The van der Waals surface area contributed by atoms with Gasteiger partial charge in [-0.05, 0) is 19.0 Å². The molecule has 0 radical (unpaired) electrons. The predicted molar refractivity (Wildman–Crippen MR) is 77.1 cm³/mol. The Morgan fingerprint density at radius 2 is 2.11 bits per heavy atom. The van der Waals surface area contributed by atoms with E-state index in [4.69, 9.17) is 0 Å². The predicted octanol–water partition coefficient (Wildman–Crippen LogP) is 0.816. The van der Waals surface area contributed by atoms with Crippen LogP contribution in [0.1, 0.15) is 18.9 Å². The lowest BCUT2D eigenvalue weighted by atomic mass is 10.2. The molecule has 2 heterocycles. The average molecular weight is 283 g/mol. The van der Waals surface area contributed by atoms with Gasteiger partial charge in [-0.2, -0.15) is 0 Å². The number of hydrogen-bond acceptors (Lipinski definition) is 5. The lowest BCUT2D eigenvalue weighted by Gasteiger charge is -2.29. The maximum atomic E-state index is 11.5. The molecule has 1 fully saturated rings. The molecule has 106 valence electrons. The van der Waals surface area contributed by atoms with Gasteiger partial charge in [0.15, 0.2) is 9.84 Å². The third-order valence-electron chi connectivity index (χ3n) is 3.25. The Labute approximate surface area is 114 Å². The van der Waals surface area contributed by atoms with Crippen LogP contribution in [-0.4, -0.2) is 44.5 Å². The van der Waals surface area contributed by atoms with Crippen LogP contribution in [0.15, 0.2) is 18.3 Å². The van der Waals surface area contributed by atoms with Gasteiger partial charge in [-0.1, -0.05) is 13.0 Å². The largest absolute Gasteiger partial charge is 0.354 e. The van der Waals surface area contributed by atoms with Gasteiger partial charge in [-0.25, -0.2) is 13.4 Å². The van der Waals surface area contributed by atoms with Gasteiger partial charge in [0.25, 0.3) is 0 Å². The number of nitrogens with one attached hydrogen (secondary N) is 1. The van der Waals surface area contributed by atoms with Crippen LogP contribution >= 0.6 is 0 Å². The second kappa shape index (κ2) is 6.34. The molecule has 2 rings (SSSR count). The summed E-state index contributed by atoms with van der Waals surface area (Å²) >= 11 is 0. The second-order valence-electron chi connectivity index (χ2n) is 4.80. The smallest absolute Gasteiger partial charge is 0.153 e. The van der Waals surface area contributed by atoms with Gasteiger partial charge in [-0.15, -0.1) is 0 Å². The van der Waals surface area contributed by atoms with Crippen LogP contribution < -0.4 is 10.2 Å². The van der Waals surface area contributed by atoms with E-state index in [2.05, 4.69) is 22.1 Å². The van der Waals surface area contributed by atoms with Gasteiger partial charge in [-0.3, -0.25) is 0 Å². The summed E-state index contributed by atoms with van der Waals surface area (Å²) in [5.41, 5.74) is 1.13. The van der Waals surface area contributed by atoms with Crippen LogP contribution in [0.2, 0.25) is 0 Å². The van der Waals surface area contributed by atoms with Gasteiger partial charge in [0.1, 0.15) is 5.82 Å². The van der Waals surface area contributed by atoms with Crippen molar-refractivity contribution in [1.29, 1.82) is 0 Å². The highest BCUT2D eigenvalue weighted by atomic mass is 32.2. The van der Waals surface area contributed by atoms with Crippen LogP contribution in [0.5, 0.6) is 0 Å². The molecule has 0 bridgehead atoms. The fraction of sp³-hybridized carbons (Fsp3) is 0.615. The zero-order chi connectivity index (χ0) is 13.7. The third kappa shape index (κ3) is 3.91. The molecule has 0 saturated carbocycles. The van der Waals surface area contributed by atoms with E-state index in [1.807, 2.05) is 12.1 Å². The second-order valence-corrected chi connectivity index (χ2v) is 7.11. The van der Waals surface area contributed by atoms with Crippen LogP contribution in [0.3, 0.4) is 0 Å². The van der Waals surface area contributed by atoms with Crippen molar-refractivity contribution >= 4 is 15.7 Å². The normalized spacial score (nSPS) is 18.5. The maximum Gasteiger partial charge on any atom is 0.153 e. The Morgan fingerprint density at radius 3 is 2.79 bits per heavy atom. The highest BCUT2D eigenvalue weighted by Crippen LogP contribution is 2.19. The summed E-state index contributed by atoms with van der Waals surface area (Å²) < 4.78 is 22.9. The van der Waals surface area contributed by atoms with Crippen LogP contribution in [-0.2, 0) is 16.4 Å².